The van der Waals surface area contributed by atoms with E-state index in [1.54, 1.807) is 24.3 Å². The summed E-state index contributed by atoms with van der Waals surface area (Å²) >= 11 is 5.68. The van der Waals surface area contributed by atoms with Gasteiger partial charge in [-0.05, 0) is 49.2 Å². The van der Waals surface area contributed by atoms with E-state index in [4.69, 9.17) is 16.3 Å². The molecule has 2 amide bonds. The number of alkyl halides is 3. The minimum absolute atomic E-state index is 0.0789. The molecule has 0 aliphatic carbocycles. The molecule has 38 heavy (non-hydrogen) atoms. The van der Waals surface area contributed by atoms with E-state index in [-0.39, 0.29) is 12.2 Å². The topological polar surface area (TPSA) is 96.0 Å². The van der Waals surface area contributed by atoms with Crippen LogP contribution in [0.2, 0.25) is 5.02 Å². The van der Waals surface area contributed by atoms with Gasteiger partial charge in [0.1, 0.15) is 18.3 Å². The van der Waals surface area contributed by atoms with Gasteiger partial charge in [0.15, 0.2) is 0 Å². The van der Waals surface area contributed by atoms with E-state index < -0.39 is 51.2 Å². The fourth-order valence-electron chi connectivity index (χ4n) is 3.59. The van der Waals surface area contributed by atoms with Crippen LogP contribution in [0.1, 0.15) is 37.8 Å². The third-order valence-electron chi connectivity index (χ3n) is 5.71. The summed E-state index contributed by atoms with van der Waals surface area (Å²) in [7, 11) is -2.74. The molecule has 0 heterocycles. The summed E-state index contributed by atoms with van der Waals surface area (Å²) < 4.78 is 71.2. The van der Waals surface area contributed by atoms with E-state index >= 15 is 0 Å². The molecule has 2 aromatic carbocycles. The molecule has 210 valence electrons. The average molecular weight is 578 g/mol. The number of hydrogen-bond donors (Lipinski definition) is 1. The first-order valence-electron chi connectivity index (χ1n) is 11.7. The lowest BCUT2D eigenvalue weighted by atomic mass is 10.1. The van der Waals surface area contributed by atoms with E-state index in [1.165, 1.54) is 18.9 Å². The van der Waals surface area contributed by atoms with Crippen LogP contribution in [0.3, 0.4) is 0 Å². The van der Waals surface area contributed by atoms with Gasteiger partial charge < -0.3 is 15.0 Å². The molecular weight excluding hydrogens is 547 g/mol. The number of benzene rings is 2. The minimum atomic E-state index is -4.84. The summed E-state index contributed by atoms with van der Waals surface area (Å²) in [4.78, 5) is 27.5. The van der Waals surface area contributed by atoms with Crippen LogP contribution < -0.4 is 14.4 Å². The summed E-state index contributed by atoms with van der Waals surface area (Å²) in [6.07, 6.45) is -2.51. The average Bonchev–Trinajstić information content (AvgIpc) is 2.84. The van der Waals surface area contributed by atoms with Crippen molar-refractivity contribution >= 4 is 39.1 Å². The fraction of sp³-hybridized carbons (Fsp3) is 0.440. The monoisotopic (exact) mass is 577 g/mol. The van der Waals surface area contributed by atoms with Gasteiger partial charge in [0.2, 0.25) is 21.8 Å². The Kier molecular flexibility index (Phi) is 10.8. The van der Waals surface area contributed by atoms with Gasteiger partial charge in [-0.3, -0.25) is 13.9 Å². The third-order valence-corrected chi connectivity index (χ3v) is 7.18. The number of halogens is 4. The van der Waals surface area contributed by atoms with E-state index in [1.807, 2.05) is 6.92 Å². The molecule has 0 aliphatic rings. The van der Waals surface area contributed by atoms with Crippen LogP contribution in [0, 0.1) is 0 Å². The quantitative estimate of drug-likeness (QED) is 0.376. The number of methoxy groups -OCH3 is 1. The molecule has 2 aromatic rings. The molecule has 1 N–H and O–H groups in total. The Bertz CT molecular complexity index is 1240. The fourth-order valence-corrected chi connectivity index (χ4v) is 4.65. The number of anilines is 1. The second kappa shape index (κ2) is 13.2. The van der Waals surface area contributed by atoms with E-state index in [2.05, 4.69) is 5.32 Å². The number of amides is 2. The van der Waals surface area contributed by atoms with Crippen molar-refractivity contribution in [3.05, 3.63) is 58.6 Å². The van der Waals surface area contributed by atoms with Gasteiger partial charge in [0, 0.05) is 13.1 Å². The number of unbranched alkanes of at least 4 members (excludes halogenated alkanes) is 1. The van der Waals surface area contributed by atoms with Crippen LogP contribution in [0.15, 0.2) is 42.5 Å². The van der Waals surface area contributed by atoms with Crippen molar-refractivity contribution < 1.29 is 35.9 Å². The van der Waals surface area contributed by atoms with Gasteiger partial charge in [0.25, 0.3) is 0 Å². The highest BCUT2D eigenvalue weighted by atomic mass is 35.5. The van der Waals surface area contributed by atoms with Gasteiger partial charge in [-0.15, -0.1) is 0 Å². The second-order valence-corrected chi connectivity index (χ2v) is 10.9. The molecule has 0 aliphatic heterocycles. The highest BCUT2D eigenvalue weighted by Gasteiger charge is 2.35. The summed E-state index contributed by atoms with van der Waals surface area (Å²) in [6.45, 7) is 2.92. The Morgan fingerprint density at radius 3 is 2.42 bits per heavy atom. The summed E-state index contributed by atoms with van der Waals surface area (Å²) in [5.74, 6) is -0.736. The Balaban J connectivity index is 2.46. The molecule has 13 heteroatoms. The number of carbonyl (C=O) groups is 2. The molecule has 8 nitrogen and oxygen atoms in total. The molecule has 2 rings (SSSR count). The van der Waals surface area contributed by atoms with Crippen LogP contribution in [0.25, 0.3) is 0 Å². The normalized spacial score (nSPS) is 12.5. The number of rotatable bonds is 12. The van der Waals surface area contributed by atoms with E-state index in [0.717, 1.165) is 31.2 Å². The van der Waals surface area contributed by atoms with Gasteiger partial charge in [-0.2, -0.15) is 13.2 Å². The van der Waals surface area contributed by atoms with Crippen molar-refractivity contribution in [1.29, 1.82) is 0 Å². The zero-order valence-corrected chi connectivity index (χ0v) is 23.1. The number of sulfonamides is 1. The van der Waals surface area contributed by atoms with Crippen LogP contribution in [0.4, 0.5) is 18.9 Å². The number of hydrogen-bond acceptors (Lipinski definition) is 5. The maximum atomic E-state index is 13.5. The molecule has 0 aromatic heterocycles. The van der Waals surface area contributed by atoms with Crippen molar-refractivity contribution in [2.24, 2.45) is 0 Å². The van der Waals surface area contributed by atoms with Gasteiger partial charge in [0.05, 0.1) is 29.6 Å². The molecule has 0 saturated heterocycles. The first-order valence-corrected chi connectivity index (χ1v) is 14.0. The van der Waals surface area contributed by atoms with Crippen LogP contribution >= 0.6 is 11.6 Å². The lowest BCUT2D eigenvalue weighted by Gasteiger charge is -2.31. The number of nitrogens with one attached hydrogen (secondary N) is 1. The third kappa shape index (κ3) is 8.52. The SMILES string of the molecule is CCCCNC(=O)C(C)N(Cc1cccc(OC)c1)C(=O)CN(c1ccc(Cl)c(C(F)(F)F)c1)S(C)(=O)=O. The van der Waals surface area contributed by atoms with E-state index in [9.17, 15) is 31.2 Å². The number of nitrogens with zero attached hydrogens (tertiary/aromatic N) is 2. The number of ether oxygens (including phenoxy) is 1. The van der Waals surface area contributed by atoms with Crippen molar-refractivity contribution in [1.82, 2.24) is 10.2 Å². The molecule has 1 atom stereocenters. The molecule has 0 spiro atoms. The highest BCUT2D eigenvalue weighted by Crippen LogP contribution is 2.37. The summed E-state index contributed by atoms with van der Waals surface area (Å²) in [5, 5.41) is 2.13. The van der Waals surface area contributed by atoms with Crippen molar-refractivity contribution in [3.63, 3.8) is 0 Å². The zero-order valence-electron chi connectivity index (χ0n) is 21.5. The first kappa shape index (κ1) is 31.2. The predicted octanol–water partition coefficient (Wildman–Crippen LogP) is 4.47. The lowest BCUT2D eigenvalue weighted by molar-refractivity contribution is -0.139. The van der Waals surface area contributed by atoms with E-state index in [0.29, 0.717) is 28.2 Å². The van der Waals surface area contributed by atoms with Gasteiger partial charge >= 0.3 is 6.18 Å². The second-order valence-electron chi connectivity index (χ2n) is 8.63. The first-order chi connectivity index (χ1) is 17.7. The standard InChI is InChI=1S/C25H31ClF3N3O5S/c1-5-6-12-30-24(34)17(2)31(15-18-8-7-9-20(13-18)37-3)23(33)16-32(38(4,35)36)19-10-11-22(26)21(14-19)25(27,28)29/h7-11,13-14,17H,5-6,12,15-16H2,1-4H3,(H,30,34). The van der Waals surface area contributed by atoms with Crippen molar-refractivity contribution in [3.8, 4) is 5.75 Å². The van der Waals surface area contributed by atoms with Crippen LogP contribution in [-0.4, -0.2) is 57.6 Å². The predicted molar refractivity (Wildman–Crippen MR) is 140 cm³/mol. The van der Waals surface area contributed by atoms with Crippen molar-refractivity contribution in [2.75, 3.05) is 30.8 Å². The van der Waals surface area contributed by atoms with Crippen LogP contribution in [-0.2, 0) is 32.3 Å². The molecule has 0 radical (unpaired) electrons. The largest absolute Gasteiger partial charge is 0.497 e. The lowest BCUT2D eigenvalue weighted by Crippen LogP contribution is -2.51. The van der Waals surface area contributed by atoms with Gasteiger partial charge in [-0.1, -0.05) is 37.1 Å². The molecule has 0 saturated carbocycles. The minimum Gasteiger partial charge on any atom is -0.497 e. The Morgan fingerprint density at radius 2 is 1.84 bits per heavy atom. The smallest absolute Gasteiger partial charge is 0.417 e. The summed E-state index contributed by atoms with van der Waals surface area (Å²) in [6, 6.07) is 8.31. The van der Waals surface area contributed by atoms with Crippen molar-refractivity contribution in [2.45, 2.75) is 45.5 Å². The maximum absolute atomic E-state index is 13.5. The molecular formula is C25H31ClF3N3O5S. The zero-order chi connectivity index (χ0) is 28.7. The Hall–Kier alpha value is -2.99. The molecule has 0 fully saturated rings. The molecule has 0 bridgehead atoms. The number of carbonyl (C=O) groups excluding carboxylic acids is 2. The Labute approximate surface area is 225 Å². The summed E-state index contributed by atoms with van der Waals surface area (Å²) in [5.41, 5.74) is -1.03. The maximum Gasteiger partial charge on any atom is 0.417 e. The molecule has 1 unspecified atom stereocenters. The van der Waals surface area contributed by atoms with Gasteiger partial charge in [-0.25, -0.2) is 8.42 Å². The van der Waals surface area contributed by atoms with Crippen LogP contribution in [0.5, 0.6) is 5.75 Å². The highest BCUT2D eigenvalue weighted by molar-refractivity contribution is 7.92. The Morgan fingerprint density at radius 1 is 1.16 bits per heavy atom.